The maximum absolute atomic E-state index is 13.7. The smallest absolute Gasteiger partial charge is 0.253 e. The molecular weight excluding hydrogens is 514 g/mol. The van der Waals surface area contributed by atoms with E-state index in [1.807, 2.05) is 54.1 Å². The number of hydrogen-bond acceptors (Lipinski definition) is 7. The number of pyridine rings is 1. The number of aromatic nitrogens is 5. The third kappa shape index (κ3) is 5.45. The SMILES string of the molecule is COc1cccc(N2CCN(C(c3cc4c(C)ccc(C)c4[nH]c3=O)c3nnnn3CCc3ccccc3)CC2)c1. The summed E-state index contributed by atoms with van der Waals surface area (Å²) in [6.45, 7) is 7.83. The van der Waals surface area contributed by atoms with Crippen LogP contribution in [0.25, 0.3) is 10.9 Å². The monoisotopic (exact) mass is 549 g/mol. The van der Waals surface area contributed by atoms with Gasteiger partial charge in [-0.1, -0.05) is 48.5 Å². The highest BCUT2D eigenvalue weighted by atomic mass is 16.5. The van der Waals surface area contributed by atoms with Crippen LogP contribution in [0.1, 0.15) is 34.1 Å². The molecule has 0 aliphatic carbocycles. The Hall–Kier alpha value is -4.50. The van der Waals surface area contributed by atoms with Crippen molar-refractivity contribution in [3.8, 4) is 5.75 Å². The summed E-state index contributed by atoms with van der Waals surface area (Å²) in [6.07, 6.45) is 0.793. The average Bonchev–Trinajstić information content (AvgIpc) is 3.47. The number of rotatable bonds is 8. The number of tetrazole rings is 1. The number of hydrogen-bond donors (Lipinski definition) is 1. The fourth-order valence-corrected chi connectivity index (χ4v) is 5.79. The minimum atomic E-state index is -0.388. The molecule has 0 spiro atoms. The quantitative estimate of drug-likeness (QED) is 0.309. The third-order valence-electron chi connectivity index (χ3n) is 8.12. The van der Waals surface area contributed by atoms with Crippen molar-refractivity contribution < 1.29 is 4.74 Å². The van der Waals surface area contributed by atoms with E-state index in [4.69, 9.17) is 4.74 Å². The molecule has 1 saturated heterocycles. The van der Waals surface area contributed by atoms with Crippen molar-refractivity contribution in [3.63, 3.8) is 0 Å². The maximum atomic E-state index is 13.7. The molecule has 0 saturated carbocycles. The van der Waals surface area contributed by atoms with Gasteiger partial charge in [0.1, 0.15) is 11.8 Å². The van der Waals surface area contributed by atoms with Crippen LogP contribution in [0, 0.1) is 13.8 Å². The topological polar surface area (TPSA) is 92.2 Å². The molecule has 1 atom stereocenters. The molecule has 9 heteroatoms. The lowest BCUT2D eigenvalue weighted by atomic mass is 9.99. The number of nitrogens with zero attached hydrogens (tertiary/aromatic N) is 6. The van der Waals surface area contributed by atoms with E-state index < -0.39 is 0 Å². The molecule has 0 radical (unpaired) electrons. The molecule has 5 aromatic rings. The minimum absolute atomic E-state index is 0.107. The van der Waals surface area contributed by atoms with E-state index in [2.05, 4.69) is 67.6 Å². The number of aromatic amines is 1. The Bertz CT molecular complexity index is 1700. The fourth-order valence-electron chi connectivity index (χ4n) is 5.79. The zero-order valence-corrected chi connectivity index (χ0v) is 23.7. The number of benzene rings is 3. The van der Waals surface area contributed by atoms with Crippen molar-refractivity contribution in [3.05, 3.63) is 111 Å². The summed E-state index contributed by atoms with van der Waals surface area (Å²) in [6, 6.07) is 24.3. The van der Waals surface area contributed by atoms with Gasteiger partial charge in [-0.05, 0) is 65.6 Å². The first kappa shape index (κ1) is 26.7. The summed E-state index contributed by atoms with van der Waals surface area (Å²) in [7, 11) is 1.69. The molecule has 1 aliphatic heterocycles. The van der Waals surface area contributed by atoms with E-state index in [1.54, 1.807) is 7.11 Å². The number of H-pyrrole nitrogens is 1. The predicted octanol–water partition coefficient (Wildman–Crippen LogP) is 4.29. The van der Waals surface area contributed by atoms with Gasteiger partial charge in [0.25, 0.3) is 5.56 Å². The van der Waals surface area contributed by atoms with Crippen molar-refractivity contribution in [2.45, 2.75) is 32.9 Å². The van der Waals surface area contributed by atoms with Gasteiger partial charge >= 0.3 is 0 Å². The molecule has 0 amide bonds. The lowest BCUT2D eigenvalue weighted by Crippen LogP contribution is -2.49. The first-order valence-corrected chi connectivity index (χ1v) is 14.1. The van der Waals surface area contributed by atoms with Crippen molar-refractivity contribution in [1.29, 1.82) is 0 Å². The molecule has 1 fully saturated rings. The van der Waals surface area contributed by atoms with Crippen LogP contribution >= 0.6 is 0 Å². The second-order valence-corrected chi connectivity index (χ2v) is 10.7. The number of methoxy groups -OCH3 is 1. The van der Waals surface area contributed by atoms with Gasteiger partial charge in [-0.15, -0.1) is 5.10 Å². The molecule has 1 aliphatic rings. The molecule has 3 aromatic carbocycles. The normalized spacial score (nSPS) is 14.9. The third-order valence-corrected chi connectivity index (χ3v) is 8.12. The summed E-state index contributed by atoms with van der Waals surface area (Å²) in [4.78, 5) is 21.6. The number of aryl methyl sites for hydroxylation is 4. The Morgan fingerprint density at radius 3 is 2.49 bits per heavy atom. The number of fused-ring (bicyclic) bond motifs is 1. The highest BCUT2D eigenvalue weighted by Crippen LogP contribution is 2.31. The summed E-state index contributed by atoms with van der Waals surface area (Å²) >= 11 is 0. The van der Waals surface area contributed by atoms with Gasteiger partial charge in [0.2, 0.25) is 0 Å². The number of nitrogens with one attached hydrogen (secondary N) is 1. The highest BCUT2D eigenvalue weighted by Gasteiger charge is 2.33. The molecule has 41 heavy (non-hydrogen) atoms. The molecule has 2 aromatic heterocycles. The molecule has 1 unspecified atom stereocenters. The fraction of sp³-hybridized carbons (Fsp3) is 0.312. The van der Waals surface area contributed by atoms with Crippen LogP contribution in [-0.4, -0.2) is 63.4 Å². The number of ether oxygens (including phenoxy) is 1. The largest absolute Gasteiger partial charge is 0.497 e. The van der Waals surface area contributed by atoms with E-state index in [9.17, 15) is 4.79 Å². The number of piperazine rings is 1. The van der Waals surface area contributed by atoms with Crippen LogP contribution in [-0.2, 0) is 13.0 Å². The zero-order valence-electron chi connectivity index (χ0n) is 23.7. The Balaban J connectivity index is 1.36. The number of anilines is 1. The van der Waals surface area contributed by atoms with Crippen LogP contribution in [0.3, 0.4) is 0 Å². The predicted molar refractivity (Wildman–Crippen MR) is 161 cm³/mol. The van der Waals surface area contributed by atoms with E-state index in [-0.39, 0.29) is 11.6 Å². The van der Waals surface area contributed by atoms with Crippen LogP contribution in [0.15, 0.2) is 77.6 Å². The van der Waals surface area contributed by atoms with Crippen LogP contribution in [0.5, 0.6) is 5.75 Å². The first-order valence-electron chi connectivity index (χ1n) is 14.1. The van der Waals surface area contributed by atoms with Crippen molar-refractivity contribution >= 4 is 16.6 Å². The molecule has 6 rings (SSSR count). The Morgan fingerprint density at radius 1 is 0.927 bits per heavy atom. The zero-order chi connectivity index (χ0) is 28.3. The van der Waals surface area contributed by atoms with Crippen LogP contribution in [0.2, 0.25) is 0 Å². The van der Waals surface area contributed by atoms with Crippen molar-refractivity contribution in [2.75, 3.05) is 38.2 Å². The molecule has 1 N–H and O–H groups in total. The van der Waals surface area contributed by atoms with Crippen LogP contribution in [0.4, 0.5) is 5.69 Å². The second-order valence-electron chi connectivity index (χ2n) is 10.7. The highest BCUT2D eigenvalue weighted by molar-refractivity contribution is 5.85. The van der Waals surface area contributed by atoms with Gasteiger partial charge in [0.15, 0.2) is 5.82 Å². The summed E-state index contributed by atoms with van der Waals surface area (Å²) in [5.41, 5.74) is 5.94. The lowest BCUT2D eigenvalue weighted by Gasteiger charge is -2.39. The van der Waals surface area contributed by atoms with Crippen LogP contribution < -0.4 is 15.2 Å². The van der Waals surface area contributed by atoms with Gasteiger partial charge < -0.3 is 14.6 Å². The van der Waals surface area contributed by atoms with Gasteiger partial charge in [-0.3, -0.25) is 9.69 Å². The Kier molecular flexibility index (Phi) is 7.52. The van der Waals surface area contributed by atoms with Crippen molar-refractivity contribution in [1.82, 2.24) is 30.1 Å². The Morgan fingerprint density at radius 2 is 1.71 bits per heavy atom. The van der Waals surface area contributed by atoms with E-state index in [1.165, 1.54) is 5.56 Å². The molecule has 210 valence electrons. The first-order chi connectivity index (χ1) is 20.0. The summed E-state index contributed by atoms with van der Waals surface area (Å²) < 4.78 is 7.31. The maximum Gasteiger partial charge on any atom is 0.253 e. The van der Waals surface area contributed by atoms with E-state index in [0.717, 1.165) is 66.1 Å². The van der Waals surface area contributed by atoms with E-state index >= 15 is 0 Å². The average molecular weight is 550 g/mol. The van der Waals surface area contributed by atoms with E-state index in [0.29, 0.717) is 17.9 Å². The van der Waals surface area contributed by atoms with Gasteiger partial charge in [-0.2, -0.15) is 0 Å². The second kappa shape index (κ2) is 11.5. The van der Waals surface area contributed by atoms with Gasteiger partial charge in [-0.25, -0.2) is 4.68 Å². The molecule has 9 nitrogen and oxygen atoms in total. The van der Waals surface area contributed by atoms with Crippen molar-refractivity contribution in [2.24, 2.45) is 0 Å². The lowest BCUT2D eigenvalue weighted by molar-refractivity contribution is 0.199. The standard InChI is InChI=1S/C32H35N7O2/c1-22-12-13-23(2)29-27(22)21-28(32(40)33-29)30(31-34-35-36-39(31)15-14-24-8-5-4-6-9-24)38-18-16-37(17-19-38)25-10-7-11-26(20-25)41-3/h4-13,20-21,30H,14-19H2,1-3H3,(H,33,40). The molecular formula is C32H35N7O2. The summed E-state index contributed by atoms with van der Waals surface area (Å²) in [5, 5.41) is 14.0. The molecule has 0 bridgehead atoms. The van der Waals surface area contributed by atoms with Gasteiger partial charge in [0, 0.05) is 55.4 Å². The van der Waals surface area contributed by atoms with Gasteiger partial charge in [0.05, 0.1) is 12.6 Å². The Labute approximate surface area is 239 Å². The summed E-state index contributed by atoms with van der Waals surface area (Å²) in [5.74, 6) is 1.53. The molecule has 3 heterocycles. The minimum Gasteiger partial charge on any atom is -0.497 e.